The van der Waals surface area contributed by atoms with E-state index in [1.165, 1.54) is 16.7 Å². The standard InChI is InChI=1S/C18H23N5/c19-10-12-8-9-23(11-12)17-15-7-3-5-13-4-1-2-6-14(13)16(15)21-18(20)22-17/h1-2,4,6,12H,3,5,7-11,19H2,(H2,20,21,22). The summed E-state index contributed by atoms with van der Waals surface area (Å²) in [4.78, 5) is 11.6. The number of nitrogen functional groups attached to an aromatic ring is 1. The number of anilines is 2. The molecular weight excluding hydrogens is 286 g/mol. The monoisotopic (exact) mass is 309 g/mol. The molecule has 120 valence electrons. The zero-order valence-corrected chi connectivity index (χ0v) is 13.3. The lowest BCUT2D eigenvalue weighted by atomic mass is 10.0. The van der Waals surface area contributed by atoms with E-state index in [1.807, 2.05) is 0 Å². The first kappa shape index (κ1) is 14.5. The maximum Gasteiger partial charge on any atom is 0.222 e. The first-order valence-corrected chi connectivity index (χ1v) is 8.46. The van der Waals surface area contributed by atoms with Gasteiger partial charge in [0.1, 0.15) is 5.82 Å². The predicted octanol–water partition coefficient (Wildman–Crippen LogP) is 2.00. The molecule has 1 aromatic heterocycles. The minimum atomic E-state index is 0.367. The van der Waals surface area contributed by atoms with Crippen molar-refractivity contribution in [2.24, 2.45) is 11.7 Å². The number of hydrogen-bond acceptors (Lipinski definition) is 5. The molecule has 1 fully saturated rings. The van der Waals surface area contributed by atoms with Gasteiger partial charge in [0.15, 0.2) is 0 Å². The third kappa shape index (κ3) is 2.55. The fourth-order valence-electron chi connectivity index (χ4n) is 3.85. The van der Waals surface area contributed by atoms with E-state index in [0.29, 0.717) is 11.9 Å². The smallest absolute Gasteiger partial charge is 0.222 e. The molecule has 4 N–H and O–H groups in total. The van der Waals surface area contributed by atoms with Gasteiger partial charge in [0, 0.05) is 24.2 Å². The van der Waals surface area contributed by atoms with Gasteiger partial charge in [0.05, 0.1) is 5.69 Å². The molecule has 1 aliphatic heterocycles. The van der Waals surface area contributed by atoms with Gasteiger partial charge < -0.3 is 16.4 Å². The van der Waals surface area contributed by atoms with Gasteiger partial charge in [-0.25, -0.2) is 4.98 Å². The lowest BCUT2D eigenvalue weighted by molar-refractivity contribution is 0.602. The number of nitrogens with zero attached hydrogens (tertiary/aromatic N) is 3. The maximum absolute atomic E-state index is 6.05. The van der Waals surface area contributed by atoms with Crippen molar-refractivity contribution in [2.45, 2.75) is 25.7 Å². The molecular formula is C18H23N5. The quantitative estimate of drug-likeness (QED) is 0.887. The van der Waals surface area contributed by atoms with E-state index in [0.717, 1.165) is 56.8 Å². The number of fused-ring (bicyclic) bond motifs is 3. The Morgan fingerprint density at radius 2 is 2.04 bits per heavy atom. The third-order valence-electron chi connectivity index (χ3n) is 5.07. The average molecular weight is 309 g/mol. The Hall–Kier alpha value is -2.14. The molecule has 1 aromatic carbocycles. The minimum Gasteiger partial charge on any atom is -0.368 e. The summed E-state index contributed by atoms with van der Waals surface area (Å²) < 4.78 is 0. The van der Waals surface area contributed by atoms with Crippen molar-refractivity contribution in [2.75, 3.05) is 30.3 Å². The van der Waals surface area contributed by atoms with Gasteiger partial charge in [-0.1, -0.05) is 24.3 Å². The first-order chi connectivity index (χ1) is 11.3. The molecule has 0 saturated carbocycles. The Kier molecular flexibility index (Phi) is 3.65. The van der Waals surface area contributed by atoms with E-state index >= 15 is 0 Å². The Balaban J connectivity index is 1.83. The van der Waals surface area contributed by atoms with Crippen LogP contribution in [0.1, 0.15) is 24.0 Å². The van der Waals surface area contributed by atoms with Gasteiger partial charge in [0.2, 0.25) is 5.95 Å². The fraction of sp³-hybridized carbons (Fsp3) is 0.444. The number of benzene rings is 1. The Labute approximate surface area is 136 Å². The van der Waals surface area contributed by atoms with Crippen molar-refractivity contribution < 1.29 is 0 Å². The van der Waals surface area contributed by atoms with Gasteiger partial charge >= 0.3 is 0 Å². The van der Waals surface area contributed by atoms with E-state index in [9.17, 15) is 0 Å². The Morgan fingerprint density at radius 3 is 2.87 bits per heavy atom. The highest BCUT2D eigenvalue weighted by Gasteiger charge is 2.28. The molecule has 5 heteroatoms. The molecule has 0 radical (unpaired) electrons. The number of hydrogen-bond donors (Lipinski definition) is 2. The van der Waals surface area contributed by atoms with E-state index in [1.54, 1.807) is 0 Å². The molecule has 2 aliphatic rings. The lowest BCUT2D eigenvalue weighted by Crippen LogP contribution is -2.25. The summed E-state index contributed by atoms with van der Waals surface area (Å²) in [7, 11) is 0. The van der Waals surface area contributed by atoms with Crippen LogP contribution >= 0.6 is 0 Å². The Bertz CT molecular complexity index is 727. The topological polar surface area (TPSA) is 81.1 Å². The van der Waals surface area contributed by atoms with Gasteiger partial charge in [-0.2, -0.15) is 4.98 Å². The molecule has 23 heavy (non-hydrogen) atoms. The average Bonchev–Trinajstić information content (AvgIpc) is 2.97. The molecule has 1 atom stereocenters. The van der Waals surface area contributed by atoms with Crippen LogP contribution < -0.4 is 16.4 Å². The maximum atomic E-state index is 6.05. The van der Waals surface area contributed by atoms with Crippen LogP contribution in [0.25, 0.3) is 11.3 Å². The normalized spacial score (nSPS) is 20.0. The number of aryl methyl sites for hydroxylation is 1. The summed E-state index contributed by atoms with van der Waals surface area (Å²) in [5.74, 6) is 1.95. The van der Waals surface area contributed by atoms with Gasteiger partial charge in [-0.15, -0.1) is 0 Å². The Morgan fingerprint density at radius 1 is 1.17 bits per heavy atom. The molecule has 5 nitrogen and oxygen atoms in total. The number of aromatic nitrogens is 2. The van der Waals surface area contributed by atoms with Crippen LogP contribution in [0.5, 0.6) is 0 Å². The molecule has 1 unspecified atom stereocenters. The summed E-state index contributed by atoms with van der Waals surface area (Å²) in [5, 5.41) is 0. The van der Waals surface area contributed by atoms with Crippen LogP contribution in [0, 0.1) is 5.92 Å². The molecule has 1 saturated heterocycles. The third-order valence-corrected chi connectivity index (χ3v) is 5.07. The molecule has 0 spiro atoms. The minimum absolute atomic E-state index is 0.367. The van der Waals surface area contributed by atoms with Crippen LogP contribution in [-0.4, -0.2) is 29.6 Å². The zero-order valence-electron chi connectivity index (χ0n) is 13.3. The van der Waals surface area contributed by atoms with Crippen molar-refractivity contribution in [1.29, 1.82) is 0 Å². The first-order valence-electron chi connectivity index (χ1n) is 8.46. The van der Waals surface area contributed by atoms with Crippen molar-refractivity contribution >= 4 is 11.8 Å². The molecule has 0 amide bonds. The second kappa shape index (κ2) is 5.81. The number of nitrogens with two attached hydrogens (primary N) is 2. The summed E-state index contributed by atoms with van der Waals surface area (Å²) >= 11 is 0. The van der Waals surface area contributed by atoms with E-state index in [4.69, 9.17) is 11.5 Å². The van der Waals surface area contributed by atoms with E-state index < -0.39 is 0 Å². The van der Waals surface area contributed by atoms with E-state index in [2.05, 4.69) is 39.1 Å². The van der Waals surface area contributed by atoms with Crippen LogP contribution in [0.3, 0.4) is 0 Å². The fourth-order valence-corrected chi connectivity index (χ4v) is 3.85. The molecule has 0 bridgehead atoms. The zero-order chi connectivity index (χ0) is 15.8. The second-order valence-electron chi connectivity index (χ2n) is 6.58. The highest BCUT2D eigenvalue weighted by Crippen LogP contribution is 2.37. The largest absolute Gasteiger partial charge is 0.368 e. The van der Waals surface area contributed by atoms with Gasteiger partial charge in [-0.05, 0) is 43.7 Å². The van der Waals surface area contributed by atoms with Crippen molar-refractivity contribution in [3.63, 3.8) is 0 Å². The SMILES string of the molecule is NCC1CCN(c2nc(N)nc3c2CCCc2ccccc2-3)C1. The van der Waals surface area contributed by atoms with Gasteiger partial charge in [-0.3, -0.25) is 0 Å². The van der Waals surface area contributed by atoms with Crippen LogP contribution in [0.4, 0.5) is 11.8 Å². The predicted molar refractivity (Wildman–Crippen MR) is 93.3 cm³/mol. The van der Waals surface area contributed by atoms with Crippen LogP contribution in [0.2, 0.25) is 0 Å². The number of rotatable bonds is 2. The van der Waals surface area contributed by atoms with E-state index in [-0.39, 0.29) is 0 Å². The van der Waals surface area contributed by atoms with Gasteiger partial charge in [0.25, 0.3) is 0 Å². The lowest BCUT2D eigenvalue weighted by Gasteiger charge is -2.22. The molecule has 4 rings (SSSR count). The highest BCUT2D eigenvalue weighted by molar-refractivity contribution is 5.74. The second-order valence-corrected chi connectivity index (χ2v) is 6.58. The van der Waals surface area contributed by atoms with Crippen molar-refractivity contribution in [1.82, 2.24) is 9.97 Å². The summed E-state index contributed by atoms with van der Waals surface area (Å²) in [6.07, 6.45) is 4.34. The highest BCUT2D eigenvalue weighted by atomic mass is 15.2. The molecule has 2 heterocycles. The summed E-state index contributed by atoms with van der Waals surface area (Å²) in [6, 6.07) is 8.53. The summed E-state index contributed by atoms with van der Waals surface area (Å²) in [5.41, 5.74) is 16.7. The van der Waals surface area contributed by atoms with Crippen LogP contribution in [0.15, 0.2) is 24.3 Å². The summed E-state index contributed by atoms with van der Waals surface area (Å²) in [6.45, 7) is 2.72. The molecule has 2 aromatic rings. The molecule has 1 aliphatic carbocycles. The van der Waals surface area contributed by atoms with Crippen LogP contribution in [-0.2, 0) is 12.8 Å². The van der Waals surface area contributed by atoms with Crippen molar-refractivity contribution in [3.05, 3.63) is 35.4 Å². The van der Waals surface area contributed by atoms with Crippen molar-refractivity contribution in [3.8, 4) is 11.3 Å².